The number of benzene rings is 2. The van der Waals surface area contributed by atoms with E-state index in [0.29, 0.717) is 22.9 Å². The van der Waals surface area contributed by atoms with Gasteiger partial charge < -0.3 is 10.1 Å². The summed E-state index contributed by atoms with van der Waals surface area (Å²) in [7, 11) is 0. The Morgan fingerprint density at radius 2 is 1.78 bits per heavy atom. The maximum absolute atomic E-state index is 12.0. The number of nitrogens with one attached hydrogen (secondary N) is 1. The van der Waals surface area contributed by atoms with Gasteiger partial charge in [0.25, 0.3) is 0 Å². The van der Waals surface area contributed by atoms with Crippen molar-refractivity contribution in [1.82, 2.24) is 5.32 Å². The first-order valence-electron chi connectivity index (χ1n) is 7.31. The van der Waals surface area contributed by atoms with Crippen molar-refractivity contribution in [2.45, 2.75) is 25.3 Å². The number of hydrogen-bond acceptors (Lipinski definition) is 2. The van der Waals surface area contributed by atoms with Gasteiger partial charge in [-0.05, 0) is 36.1 Å². The lowest BCUT2D eigenvalue weighted by atomic mass is 10.1. The first-order valence-corrected chi connectivity index (χ1v) is 8.06. The fraction of sp³-hybridized carbons (Fsp3) is 0.222. The molecule has 0 aliphatic rings. The predicted molar refractivity (Wildman–Crippen MR) is 92.9 cm³/mol. The third-order valence-electron chi connectivity index (χ3n) is 3.43. The van der Waals surface area contributed by atoms with Crippen LogP contribution in [0.25, 0.3) is 0 Å². The van der Waals surface area contributed by atoms with Gasteiger partial charge in [0.1, 0.15) is 6.29 Å². The molecule has 1 amide bonds. The number of halogens is 2. The molecule has 0 bridgehead atoms. The molecule has 0 fully saturated rings. The largest absolute Gasteiger partial charge is 0.346 e. The number of carbonyl (C=O) groups is 2. The molecular weight excluding hydrogens is 333 g/mol. The topological polar surface area (TPSA) is 46.2 Å². The molecule has 1 N–H and O–H groups in total. The predicted octanol–water partition coefficient (Wildman–Crippen LogP) is 3.85. The Kier molecular flexibility index (Phi) is 6.63. The molecule has 0 saturated heterocycles. The molecule has 2 aromatic carbocycles. The van der Waals surface area contributed by atoms with Gasteiger partial charge in [0.15, 0.2) is 0 Å². The second-order valence-electron chi connectivity index (χ2n) is 5.25. The highest BCUT2D eigenvalue weighted by Crippen LogP contribution is 2.23. The van der Waals surface area contributed by atoms with Crippen molar-refractivity contribution in [3.8, 4) is 0 Å². The number of rotatable bonds is 7. The molecule has 120 valence electrons. The quantitative estimate of drug-likeness (QED) is 0.771. The van der Waals surface area contributed by atoms with Crippen LogP contribution in [0, 0.1) is 0 Å². The molecule has 0 radical (unpaired) electrons. The van der Waals surface area contributed by atoms with Crippen molar-refractivity contribution in [3.05, 3.63) is 69.7 Å². The highest BCUT2D eigenvalue weighted by molar-refractivity contribution is 6.42. The van der Waals surface area contributed by atoms with Gasteiger partial charge in [0.05, 0.1) is 16.1 Å². The van der Waals surface area contributed by atoms with Gasteiger partial charge in [-0.3, -0.25) is 4.79 Å². The molecule has 2 aromatic rings. The molecule has 1 unspecified atom stereocenters. The van der Waals surface area contributed by atoms with Crippen LogP contribution in [0.5, 0.6) is 0 Å². The van der Waals surface area contributed by atoms with E-state index in [1.54, 1.807) is 12.1 Å². The molecule has 1 atom stereocenters. The van der Waals surface area contributed by atoms with E-state index < -0.39 is 6.04 Å². The Bertz CT molecular complexity index is 674. The monoisotopic (exact) mass is 349 g/mol. The number of aryl methyl sites for hydroxylation is 1. The third-order valence-corrected chi connectivity index (χ3v) is 4.17. The van der Waals surface area contributed by atoms with Crippen molar-refractivity contribution in [3.63, 3.8) is 0 Å². The van der Waals surface area contributed by atoms with E-state index in [4.69, 9.17) is 23.2 Å². The van der Waals surface area contributed by atoms with Crippen molar-refractivity contribution >= 4 is 35.4 Å². The summed E-state index contributed by atoms with van der Waals surface area (Å²) in [6.07, 6.45) is 2.09. The Labute approximate surface area is 145 Å². The Hall–Kier alpha value is -1.84. The van der Waals surface area contributed by atoms with E-state index in [0.717, 1.165) is 17.4 Å². The van der Waals surface area contributed by atoms with Crippen LogP contribution in [-0.2, 0) is 22.4 Å². The molecule has 0 aliphatic carbocycles. The normalized spacial score (nSPS) is 11.7. The zero-order chi connectivity index (χ0) is 16.7. The smallest absolute Gasteiger partial charge is 0.220 e. The SMILES string of the molecule is O=CC(Cc1ccccc1)NC(=O)CCc1ccc(Cl)c(Cl)c1. The summed E-state index contributed by atoms with van der Waals surface area (Å²) in [6.45, 7) is 0. The van der Waals surface area contributed by atoms with E-state index in [1.807, 2.05) is 36.4 Å². The van der Waals surface area contributed by atoms with Gasteiger partial charge in [-0.25, -0.2) is 0 Å². The second kappa shape index (κ2) is 8.70. The standard InChI is InChI=1S/C18H17Cl2NO2/c19-16-8-6-14(11-17(16)20)7-9-18(23)21-15(12-22)10-13-4-2-1-3-5-13/h1-6,8,11-12,15H,7,9-10H2,(H,21,23). The average molecular weight is 350 g/mol. The van der Waals surface area contributed by atoms with Crippen LogP contribution in [0.3, 0.4) is 0 Å². The Morgan fingerprint density at radius 3 is 2.43 bits per heavy atom. The van der Waals surface area contributed by atoms with E-state index in [9.17, 15) is 9.59 Å². The molecule has 0 aromatic heterocycles. The lowest BCUT2D eigenvalue weighted by Crippen LogP contribution is -2.37. The van der Waals surface area contributed by atoms with Crippen LogP contribution in [0.2, 0.25) is 10.0 Å². The highest BCUT2D eigenvalue weighted by Gasteiger charge is 2.12. The van der Waals surface area contributed by atoms with Crippen LogP contribution in [0.15, 0.2) is 48.5 Å². The molecular formula is C18H17Cl2NO2. The van der Waals surface area contributed by atoms with Gasteiger partial charge in [0, 0.05) is 6.42 Å². The van der Waals surface area contributed by atoms with E-state index in [-0.39, 0.29) is 12.3 Å². The van der Waals surface area contributed by atoms with Crippen LogP contribution < -0.4 is 5.32 Å². The molecule has 23 heavy (non-hydrogen) atoms. The first-order chi connectivity index (χ1) is 11.1. The van der Waals surface area contributed by atoms with Crippen molar-refractivity contribution in [1.29, 1.82) is 0 Å². The molecule has 0 heterocycles. The minimum atomic E-state index is -0.515. The van der Waals surface area contributed by atoms with Crippen molar-refractivity contribution < 1.29 is 9.59 Å². The molecule has 2 rings (SSSR count). The molecule has 3 nitrogen and oxygen atoms in total. The lowest BCUT2D eigenvalue weighted by molar-refractivity contribution is -0.124. The Balaban J connectivity index is 1.85. The molecule has 0 saturated carbocycles. The average Bonchev–Trinajstić information content (AvgIpc) is 2.56. The molecule has 0 spiro atoms. The fourth-order valence-corrected chi connectivity index (χ4v) is 2.55. The summed E-state index contributed by atoms with van der Waals surface area (Å²) >= 11 is 11.8. The minimum absolute atomic E-state index is 0.163. The van der Waals surface area contributed by atoms with Crippen LogP contribution in [0.1, 0.15) is 17.5 Å². The van der Waals surface area contributed by atoms with Gasteiger partial charge in [-0.15, -0.1) is 0 Å². The minimum Gasteiger partial charge on any atom is -0.346 e. The summed E-state index contributed by atoms with van der Waals surface area (Å²) in [5.41, 5.74) is 1.94. The summed E-state index contributed by atoms with van der Waals surface area (Å²) in [6, 6.07) is 14.4. The maximum atomic E-state index is 12.0. The number of hydrogen-bond donors (Lipinski definition) is 1. The second-order valence-corrected chi connectivity index (χ2v) is 6.06. The molecule has 0 aliphatic heterocycles. The van der Waals surface area contributed by atoms with Crippen LogP contribution in [0.4, 0.5) is 0 Å². The van der Waals surface area contributed by atoms with E-state index in [1.165, 1.54) is 0 Å². The van der Waals surface area contributed by atoms with E-state index in [2.05, 4.69) is 5.32 Å². The fourth-order valence-electron chi connectivity index (χ4n) is 2.23. The van der Waals surface area contributed by atoms with Crippen molar-refractivity contribution in [2.75, 3.05) is 0 Å². The number of aldehydes is 1. The third kappa shape index (κ3) is 5.70. The van der Waals surface area contributed by atoms with Crippen molar-refractivity contribution in [2.24, 2.45) is 0 Å². The van der Waals surface area contributed by atoms with Gasteiger partial charge in [-0.2, -0.15) is 0 Å². The zero-order valence-electron chi connectivity index (χ0n) is 12.5. The highest BCUT2D eigenvalue weighted by atomic mass is 35.5. The van der Waals surface area contributed by atoms with Gasteiger partial charge >= 0.3 is 0 Å². The summed E-state index contributed by atoms with van der Waals surface area (Å²) in [4.78, 5) is 23.2. The Morgan fingerprint density at radius 1 is 1.04 bits per heavy atom. The maximum Gasteiger partial charge on any atom is 0.220 e. The molecule has 5 heteroatoms. The lowest BCUT2D eigenvalue weighted by Gasteiger charge is -2.13. The summed E-state index contributed by atoms with van der Waals surface area (Å²) in [5, 5.41) is 3.71. The van der Waals surface area contributed by atoms with Crippen LogP contribution >= 0.6 is 23.2 Å². The number of carbonyl (C=O) groups excluding carboxylic acids is 2. The number of amides is 1. The summed E-state index contributed by atoms with van der Waals surface area (Å²) < 4.78 is 0. The summed E-state index contributed by atoms with van der Waals surface area (Å²) in [5.74, 6) is -0.163. The first kappa shape index (κ1) is 17.5. The zero-order valence-corrected chi connectivity index (χ0v) is 14.0. The van der Waals surface area contributed by atoms with Crippen LogP contribution in [-0.4, -0.2) is 18.2 Å². The van der Waals surface area contributed by atoms with E-state index >= 15 is 0 Å². The van der Waals surface area contributed by atoms with Gasteiger partial charge in [-0.1, -0.05) is 59.6 Å². The van der Waals surface area contributed by atoms with Gasteiger partial charge in [0.2, 0.25) is 5.91 Å².